The van der Waals surface area contributed by atoms with Gasteiger partial charge in [-0.1, -0.05) is 6.07 Å². The summed E-state index contributed by atoms with van der Waals surface area (Å²) in [6.45, 7) is 1.07. The number of hydrogen-bond donors (Lipinski definition) is 2. The predicted molar refractivity (Wildman–Crippen MR) is 91.4 cm³/mol. The number of benzene rings is 2. The molecule has 0 unspecified atom stereocenters. The van der Waals surface area contributed by atoms with Crippen LogP contribution in [0.1, 0.15) is 15.9 Å². The van der Waals surface area contributed by atoms with Crippen LogP contribution in [-0.4, -0.2) is 35.6 Å². The van der Waals surface area contributed by atoms with Crippen LogP contribution in [0.5, 0.6) is 11.5 Å². The number of hydrogen-bond acceptors (Lipinski definition) is 7. The molecule has 0 radical (unpaired) electrons. The van der Waals surface area contributed by atoms with Crippen LogP contribution in [0.2, 0.25) is 0 Å². The monoisotopic (exact) mass is 360 g/mol. The van der Waals surface area contributed by atoms with Crippen molar-refractivity contribution < 1.29 is 29.1 Å². The van der Waals surface area contributed by atoms with Gasteiger partial charge in [-0.2, -0.15) is 0 Å². The Balaban J connectivity index is 2.03. The molecule has 26 heavy (non-hydrogen) atoms. The van der Waals surface area contributed by atoms with Crippen LogP contribution in [0.15, 0.2) is 36.4 Å². The number of phenols is 1. The topological polar surface area (TPSA) is 128 Å². The number of nitro groups is 1. The van der Waals surface area contributed by atoms with Crippen molar-refractivity contribution in [1.82, 2.24) is 0 Å². The van der Waals surface area contributed by atoms with Crippen molar-refractivity contribution in [3.05, 3.63) is 57.6 Å². The number of phenolic OH excluding ortho intramolecular Hbond substituents is 1. The molecule has 0 spiro atoms. The van der Waals surface area contributed by atoms with Gasteiger partial charge in [-0.15, -0.1) is 0 Å². The average Bonchev–Trinajstić information content (AvgIpc) is 2.59. The summed E-state index contributed by atoms with van der Waals surface area (Å²) in [7, 11) is 1.36. The molecule has 136 valence electrons. The van der Waals surface area contributed by atoms with Crippen molar-refractivity contribution in [2.45, 2.75) is 6.92 Å². The van der Waals surface area contributed by atoms with E-state index in [4.69, 9.17) is 9.47 Å². The number of carbonyl (C=O) groups is 2. The zero-order chi connectivity index (χ0) is 19.3. The van der Waals surface area contributed by atoms with Crippen molar-refractivity contribution >= 4 is 23.3 Å². The van der Waals surface area contributed by atoms with Crippen molar-refractivity contribution in [3.8, 4) is 11.5 Å². The normalized spacial score (nSPS) is 10.1. The second-order valence-corrected chi connectivity index (χ2v) is 5.29. The highest BCUT2D eigenvalue weighted by Crippen LogP contribution is 2.28. The van der Waals surface area contributed by atoms with Gasteiger partial charge in [-0.3, -0.25) is 14.9 Å². The van der Waals surface area contributed by atoms with Gasteiger partial charge in [0.15, 0.2) is 6.61 Å². The molecule has 0 aliphatic heterocycles. The fourth-order valence-electron chi connectivity index (χ4n) is 2.10. The predicted octanol–water partition coefficient (Wildman–Crippen LogP) is 2.41. The number of rotatable bonds is 6. The second-order valence-electron chi connectivity index (χ2n) is 5.29. The van der Waals surface area contributed by atoms with Gasteiger partial charge in [0, 0.05) is 0 Å². The van der Waals surface area contributed by atoms with Gasteiger partial charge in [0.25, 0.3) is 11.6 Å². The largest absolute Gasteiger partial charge is 0.507 e. The molecule has 0 fully saturated rings. The third kappa shape index (κ3) is 4.47. The van der Waals surface area contributed by atoms with E-state index in [2.05, 4.69) is 5.32 Å². The molecule has 1 amide bonds. The van der Waals surface area contributed by atoms with Gasteiger partial charge in [-0.25, -0.2) is 4.79 Å². The highest BCUT2D eigenvalue weighted by atomic mass is 16.6. The number of nitrogens with one attached hydrogen (secondary N) is 1. The Morgan fingerprint density at radius 3 is 2.58 bits per heavy atom. The lowest BCUT2D eigenvalue weighted by Gasteiger charge is -2.09. The summed E-state index contributed by atoms with van der Waals surface area (Å²) >= 11 is 0. The molecule has 2 aromatic carbocycles. The minimum Gasteiger partial charge on any atom is -0.507 e. The third-order valence-electron chi connectivity index (χ3n) is 3.38. The van der Waals surface area contributed by atoms with E-state index in [0.717, 1.165) is 11.6 Å². The van der Waals surface area contributed by atoms with Crippen LogP contribution < -0.4 is 10.1 Å². The molecule has 0 aromatic heterocycles. The highest BCUT2D eigenvalue weighted by molar-refractivity contribution is 5.97. The fraction of sp³-hybridized carbons (Fsp3) is 0.176. The number of amides is 1. The quantitative estimate of drug-likeness (QED) is 0.460. The molecule has 0 bridgehead atoms. The Bertz CT molecular complexity index is 864. The van der Waals surface area contributed by atoms with Crippen molar-refractivity contribution in [2.24, 2.45) is 0 Å². The highest BCUT2D eigenvalue weighted by Gasteiger charge is 2.19. The van der Waals surface area contributed by atoms with Gasteiger partial charge in [0.2, 0.25) is 0 Å². The molecule has 0 aliphatic rings. The maximum atomic E-state index is 11.9. The summed E-state index contributed by atoms with van der Waals surface area (Å²) in [5.41, 5.74) is 0.248. The molecule has 0 heterocycles. The first kappa shape index (κ1) is 18.7. The first-order chi connectivity index (χ1) is 12.3. The van der Waals surface area contributed by atoms with Gasteiger partial charge < -0.3 is 19.9 Å². The molecule has 9 heteroatoms. The van der Waals surface area contributed by atoms with E-state index in [0.29, 0.717) is 0 Å². The summed E-state index contributed by atoms with van der Waals surface area (Å²) in [6, 6.07) is 8.28. The molecular weight excluding hydrogens is 344 g/mol. The number of nitro benzene ring substituents is 1. The van der Waals surface area contributed by atoms with Crippen LogP contribution in [0.25, 0.3) is 0 Å². The molecule has 0 aliphatic carbocycles. The van der Waals surface area contributed by atoms with E-state index >= 15 is 0 Å². The van der Waals surface area contributed by atoms with Crippen molar-refractivity contribution in [2.75, 3.05) is 19.0 Å². The smallest absolute Gasteiger partial charge is 0.342 e. The molecule has 0 saturated carbocycles. The Labute approximate surface area is 148 Å². The summed E-state index contributed by atoms with van der Waals surface area (Å²) in [5.74, 6) is -1.66. The first-order valence-electron chi connectivity index (χ1n) is 7.41. The zero-order valence-corrected chi connectivity index (χ0v) is 14.0. The number of aryl methyl sites for hydroxylation is 1. The number of esters is 1. The Morgan fingerprint density at radius 2 is 1.96 bits per heavy atom. The van der Waals surface area contributed by atoms with Crippen LogP contribution >= 0.6 is 0 Å². The summed E-state index contributed by atoms with van der Waals surface area (Å²) in [6.07, 6.45) is 0. The molecule has 2 rings (SSSR count). The Kier molecular flexibility index (Phi) is 5.74. The SMILES string of the molecule is COc1ccc(NC(=O)COC(=O)c2ccc(C)cc2O)c([N+](=O)[O-])c1. The lowest BCUT2D eigenvalue weighted by atomic mass is 10.1. The van der Waals surface area contributed by atoms with E-state index in [1.54, 1.807) is 13.0 Å². The maximum absolute atomic E-state index is 11.9. The van der Waals surface area contributed by atoms with E-state index < -0.39 is 23.4 Å². The van der Waals surface area contributed by atoms with E-state index in [9.17, 15) is 24.8 Å². The van der Waals surface area contributed by atoms with Crippen molar-refractivity contribution in [3.63, 3.8) is 0 Å². The van der Waals surface area contributed by atoms with Crippen LogP contribution in [0.4, 0.5) is 11.4 Å². The van der Waals surface area contributed by atoms with E-state index in [1.165, 1.54) is 31.4 Å². The number of carbonyl (C=O) groups excluding carboxylic acids is 2. The van der Waals surface area contributed by atoms with Gasteiger partial charge in [0.1, 0.15) is 22.7 Å². The number of aromatic hydroxyl groups is 1. The van der Waals surface area contributed by atoms with Crippen LogP contribution in [-0.2, 0) is 9.53 Å². The molecule has 0 atom stereocenters. The van der Waals surface area contributed by atoms with E-state index in [-0.39, 0.29) is 28.4 Å². The Morgan fingerprint density at radius 1 is 1.23 bits per heavy atom. The second kappa shape index (κ2) is 7.97. The minimum atomic E-state index is -0.887. The maximum Gasteiger partial charge on any atom is 0.342 e. The summed E-state index contributed by atoms with van der Waals surface area (Å²) < 4.78 is 9.72. The molecule has 2 N–H and O–H groups in total. The zero-order valence-electron chi connectivity index (χ0n) is 14.0. The molecule has 0 saturated heterocycles. The number of anilines is 1. The standard InChI is InChI=1S/C17H16N2O7/c1-10-3-5-12(15(20)7-10)17(22)26-9-16(21)18-13-6-4-11(25-2)8-14(13)19(23)24/h3-8,20H,9H2,1-2H3,(H,18,21). The summed E-state index contributed by atoms with van der Waals surface area (Å²) in [4.78, 5) is 34.2. The van der Waals surface area contributed by atoms with Gasteiger partial charge in [0.05, 0.1) is 18.1 Å². The minimum absolute atomic E-state index is 0.0602. The number of methoxy groups -OCH3 is 1. The van der Waals surface area contributed by atoms with Crippen LogP contribution in [0, 0.1) is 17.0 Å². The van der Waals surface area contributed by atoms with Gasteiger partial charge in [-0.05, 0) is 36.8 Å². The van der Waals surface area contributed by atoms with Gasteiger partial charge >= 0.3 is 5.97 Å². The fourth-order valence-corrected chi connectivity index (χ4v) is 2.10. The van der Waals surface area contributed by atoms with Crippen LogP contribution in [0.3, 0.4) is 0 Å². The lowest BCUT2D eigenvalue weighted by molar-refractivity contribution is -0.384. The molecule has 9 nitrogen and oxygen atoms in total. The van der Waals surface area contributed by atoms with E-state index in [1.807, 2.05) is 0 Å². The number of ether oxygens (including phenoxy) is 2. The average molecular weight is 360 g/mol. The van der Waals surface area contributed by atoms with Crippen molar-refractivity contribution in [1.29, 1.82) is 0 Å². The summed E-state index contributed by atoms with van der Waals surface area (Å²) in [5, 5.41) is 23.1. The lowest BCUT2D eigenvalue weighted by Crippen LogP contribution is -2.21. The third-order valence-corrected chi connectivity index (χ3v) is 3.38. The first-order valence-corrected chi connectivity index (χ1v) is 7.41. The molecule has 2 aromatic rings. The Hall–Kier alpha value is -3.62. The molecular formula is C17H16N2O7. The number of nitrogens with zero attached hydrogens (tertiary/aromatic N) is 1.